The second-order valence-corrected chi connectivity index (χ2v) is 11.8. The molecule has 35 heavy (non-hydrogen) atoms. The summed E-state index contributed by atoms with van der Waals surface area (Å²) >= 11 is 0. The van der Waals surface area contributed by atoms with Crippen LogP contribution >= 0.6 is 0 Å². The van der Waals surface area contributed by atoms with Crippen molar-refractivity contribution in [2.24, 2.45) is 0 Å². The van der Waals surface area contributed by atoms with E-state index in [0.717, 1.165) is 54.3 Å². The number of nitrogens with zero attached hydrogens (tertiary/aromatic N) is 1. The molecule has 1 aromatic heterocycles. The van der Waals surface area contributed by atoms with Crippen LogP contribution < -0.4 is 5.32 Å². The Morgan fingerprint density at radius 2 is 1.83 bits per heavy atom. The van der Waals surface area contributed by atoms with Crippen LogP contribution in [0.1, 0.15) is 69.4 Å². The summed E-state index contributed by atoms with van der Waals surface area (Å²) in [6.45, 7) is 5.55. The van der Waals surface area contributed by atoms with Crippen molar-refractivity contribution in [3.05, 3.63) is 59.8 Å². The maximum Gasteiger partial charge on any atom is 0.220 e. The Kier molecular flexibility index (Phi) is 8.29. The summed E-state index contributed by atoms with van der Waals surface area (Å²) in [6, 6.07) is 14.8. The number of hydrogen-bond acceptors (Lipinski definition) is 3. The molecule has 2 heterocycles. The average Bonchev–Trinajstić information content (AvgIpc) is 3.31. The molecule has 1 aliphatic rings. The van der Waals surface area contributed by atoms with Crippen LogP contribution in [0.2, 0.25) is 0 Å². The van der Waals surface area contributed by atoms with Crippen molar-refractivity contribution < 1.29 is 13.2 Å². The van der Waals surface area contributed by atoms with Gasteiger partial charge in [-0.3, -0.25) is 4.79 Å². The first kappa shape index (κ1) is 25.5. The van der Waals surface area contributed by atoms with Gasteiger partial charge in [0.25, 0.3) is 0 Å². The van der Waals surface area contributed by atoms with Crippen molar-refractivity contribution in [3.63, 3.8) is 0 Å². The van der Waals surface area contributed by atoms with E-state index in [1.54, 1.807) is 11.2 Å². The van der Waals surface area contributed by atoms with Gasteiger partial charge in [0.15, 0.2) is 0 Å². The van der Waals surface area contributed by atoms with Gasteiger partial charge in [0, 0.05) is 43.2 Å². The molecule has 1 saturated heterocycles. The summed E-state index contributed by atoms with van der Waals surface area (Å²) in [5.41, 5.74) is 5.72. The minimum atomic E-state index is -3.12. The van der Waals surface area contributed by atoms with Gasteiger partial charge in [-0.05, 0) is 72.6 Å². The Balaban J connectivity index is 1.47. The zero-order chi connectivity index (χ0) is 24.8. The predicted molar refractivity (Wildman–Crippen MR) is 143 cm³/mol. The van der Waals surface area contributed by atoms with E-state index in [1.165, 1.54) is 10.9 Å². The molecule has 7 heteroatoms. The minimum absolute atomic E-state index is 0.111. The Morgan fingerprint density at radius 1 is 1.06 bits per heavy atom. The Hall–Kier alpha value is -2.64. The van der Waals surface area contributed by atoms with Gasteiger partial charge in [0.1, 0.15) is 0 Å². The van der Waals surface area contributed by atoms with Crippen LogP contribution in [0.25, 0.3) is 22.0 Å². The van der Waals surface area contributed by atoms with E-state index in [2.05, 4.69) is 53.8 Å². The molecule has 188 valence electrons. The van der Waals surface area contributed by atoms with Crippen LogP contribution in [0.15, 0.2) is 48.7 Å². The predicted octanol–water partition coefficient (Wildman–Crippen LogP) is 5.56. The fraction of sp³-hybridized carbons (Fsp3) is 0.464. The molecule has 0 unspecified atom stereocenters. The molecule has 0 bridgehead atoms. The number of aromatic nitrogens is 1. The van der Waals surface area contributed by atoms with Crippen LogP contribution in [0.5, 0.6) is 0 Å². The molecule has 0 radical (unpaired) electrons. The largest absolute Gasteiger partial charge is 0.361 e. The number of benzene rings is 2. The number of fused-ring (bicyclic) bond motifs is 1. The molecule has 0 spiro atoms. The zero-order valence-electron chi connectivity index (χ0n) is 20.8. The minimum Gasteiger partial charge on any atom is -0.361 e. The highest BCUT2D eigenvalue weighted by atomic mass is 32.2. The van der Waals surface area contributed by atoms with Gasteiger partial charge in [-0.15, -0.1) is 0 Å². The van der Waals surface area contributed by atoms with Crippen LogP contribution in [0, 0.1) is 0 Å². The number of hydrogen-bond donors (Lipinski definition) is 2. The highest BCUT2D eigenvalue weighted by Gasteiger charge is 2.28. The maximum atomic E-state index is 12.2. The lowest BCUT2D eigenvalue weighted by atomic mass is 9.89. The fourth-order valence-electron chi connectivity index (χ4n) is 4.97. The molecule has 1 aliphatic heterocycles. The topological polar surface area (TPSA) is 82.3 Å². The SMILES string of the molecule is CCCCCC(=O)NCc1cccc(-c2ccc3[nH]cc(C4CCN(S(=O)(=O)CC)CC4)c3c2)c1. The Morgan fingerprint density at radius 3 is 2.57 bits per heavy atom. The van der Waals surface area contributed by atoms with E-state index >= 15 is 0 Å². The molecule has 1 fully saturated rings. The molecule has 6 nitrogen and oxygen atoms in total. The summed E-state index contributed by atoms with van der Waals surface area (Å²) in [6.07, 6.45) is 7.49. The molecule has 3 aromatic rings. The number of piperidine rings is 1. The molecular formula is C28H37N3O3S. The third-order valence-electron chi connectivity index (χ3n) is 7.12. The Labute approximate surface area is 209 Å². The van der Waals surface area contributed by atoms with Crippen LogP contribution in [0.3, 0.4) is 0 Å². The number of unbranched alkanes of at least 4 members (excludes halogenated alkanes) is 2. The second-order valence-electron chi connectivity index (χ2n) is 9.51. The standard InChI is InChI=1S/C28H37N3O3S/c1-3-5-6-10-28(32)30-19-21-8-7-9-23(17-21)24-11-12-27-25(18-24)26(20-29-27)22-13-15-31(16-14-22)35(33,34)4-2/h7-9,11-12,17-18,20,22,29H,3-6,10,13-16,19H2,1-2H3,(H,30,32). The monoisotopic (exact) mass is 495 g/mol. The first-order valence-electron chi connectivity index (χ1n) is 12.9. The Bertz CT molecular complexity index is 1260. The first-order valence-corrected chi connectivity index (χ1v) is 14.5. The van der Waals surface area contributed by atoms with Crippen molar-refractivity contribution in [2.45, 2.75) is 64.8 Å². The first-order chi connectivity index (χ1) is 16.9. The number of aromatic amines is 1. The third kappa shape index (κ3) is 6.14. The molecule has 1 amide bonds. The molecule has 0 saturated carbocycles. The number of amides is 1. The van der Waals surface area contributed by atoms with Gasteiger partial charge in [0.05, 0.1) is 5.75 Å². The quantitative estimate of drug-likeness (QED) is 0.361. The van der Waals surface area contributed by atoms with Crippen molar-refractivity contribution in [1.82, 2.24) is 14.6 Å². The van der Waals surface area contributed by atoms with Crippen molar-refractivity contribution in [2.75, 3.05) is 18.8 Å². The molecule has 0 aliphatic carbocycles. The molecule has 2 aromatic carbocycles. The number of nitrogens with one attached hydrogen (secondary N) is 2. The number of sulfonamides is 1. The molecule has 2 N–H and O–H groups in total. The van der Waals surface area contributed by atoms with E-state index < -0.39 is 10.0 Å². The molecule has 4 rings (SSSR count). The van der Waals surface area contributed by atoms with Gasteiger partial charge < -0.3 is 10.3 Å². The highest BCUT2D eigenvalue weighted by molar-refractivity contribution is 7.89. The zero-order valence-corrected chi connectivity index (χ0v) is 21.7. The number of carbonyl (C=O) groups excluding carboxylic acids is 1. The number of rotatable bonds is 10. The van der Waals surface area contributed by atoms with Crippen molar-refractivity contribution in [3.8, 4) is 11.1 Å². The highest BCUT2D eigenvalue weighted by Crippen LogP contribution is 2.35. The summed E-state index contributed by atoms with van der Waals surface area (Å²) in [7, 11) is -3.12. The van der Waals surface area contributed by atoms with E-state index in [4.69, 9.17) is 0 Å². The van der Waals surface area contributed by atoms with Crippen LogP contribution in [-0.4, -0.2) is 42.5 Å². The third-order valence-corrected chi connectivity index (χ3v) is 9.00. The van der Waals surface area contributed by atoms with E-state index in [-0.39, 0.29) is 11.7 Å². The summed E-state index contributed by atoms with van der Waals surface area (Å²) in [5, 5.41) is 4.24. The van der Waals surface area contributed by atoms with Crippen molar-refractivity contribution in [1.29, 1.82) is 0 Å². The lowest BCUT2D eigenvalue weighted by Gasteiger charge is -2.30. The van der Waals surface area contributed by atoms with Gasteiger partial charge in [-0.25, -0.2) is 12.7 Å². The summed E-state index contributed by atoms with van der Waals surface area (Å²) in [5.74, 6) is 0.618. The summed E-state index contributed by atoms with van der Waals surface area (Å²) in [4.78, 5) is 15.5. The van der Waals surface area contributed by atoms with Crippen molar-refractivity contribution >= 4 is 26.8 Å². The van der Waals surface area contributed by atoms with E-state index in [9.17, 15) is 13.2 Å². The smallest absolute Gasteiger partial charge is 0.220 e. The van der Waals surface area contributed by atoms with Crippen LogP contribution in [0.4, 0.5) is 0 Å². The lowest BCUT2D eigenvalue weighted by Crippen LogP contribution is -2.38. The van der Waals surface area contributed by atoms with Crippen LogP contribution in [-0.2, 0) is 21.4 Å². The maximum absolute atomic E-state index is 12.2. The van der Waals surface area contributed by atoms with Gasteiger partial charge >= 0.3 is 0 Å². The van der Waals surface area contributed by atoms with E-state index in [1.807, 2.05) is 12.1 Å². The lowest BCUT2D eigenvalue weighted by molar-refractivity contribution is -0.121. The average molecular weight is 496 g/mol. The summed E-state index contributed by atoms with van der Waals surface area (Å²) < 4.78 is 26.1. The van der Waals surface area contributed by atoms with Gasteiger partial charge in [-0.1, -0.05) is 44.0 Å². The normalized spacial score (nSPS) is 15.5. The molecule has 0 atom stereocenters. The van der Waals surface area contributed by atoms with E-state index in [0.29, 0.717) is 32.0 Å². The second kappa shape index (κ2) is 11.4. The van der Waals surface area contributed by atoms with Gasteiger partial charge in [0.2, 0.25) is 15.9 Å². The number of H-pyrrole nitrogens is 1. The van der Waals surface area contributed by atoms with Gasteiger partial charge in [-0.2, -0.15) is 0 Å². The fourth-order valence-corrected chi connectivity index (χ4v) is 6.10. The molecular weight excluding hydrogens is 458 g/mol. The number of carbonyl (C=O) groups is 1.